The monoisotopic (exact) mass is 282 g/mol. The Morgan fingerprint density at radius 1 is 0.952 bits per heavy atom. The molecule has 108 valence electrons. The fraction of sp³-hybridized carbons (Fsp3) is 0.222. The minimum absolute atomic E-state index is 0.0193. The number of hydrogen-bond donors (Lipinski definition) is 1. The van der Waals surface area contributed by atoms with Crippen LogP contribution >= 0.6 is 0 Å². The fourth-order valence-electron chi connectivity index (χ4n) is 2.93. The van der Waals surface area contributed by atoms with Crippen molar-refractivity contribution in [1.82, 2.24) is 0 Å². The van der Waals surface area contributed by atoms with Gasteiger partial charge in [-0.3, -0.25) is 0 Å². The molecule has 21 heavy (non-hydrogen) atoms. The van der Waals surface area contributed by atoms with Gasteiger partial charge in [0.1, 0.15) is 11.5 Å². The van der Waals surface area contributed by atoms with Crippen LogP contribution in [0.25, 0.3) is 5.57 Å². The molecule has 0 fully saturated rings. The summed E-state index contributed by atoms with van der Waals surface area (Å²) >= 11 is 0. The number of benzene rings is 2. The molecule has 1 aliphatic rings. The van der Waals surface area contributed by atoms with Gasteiger partial charge in [-0.05, 0) is 28.8 Å². The summed E-state index contributed by atoms with van der Waals surface area (Å²) in [5, 5.41) is 9.62. The molecule has 0 spiro atoms. The van der Waals surface area contributed by atoms with Gasteiger partial charge in [0.05, 0.1) is 26.4 Å². The highest BCUT2D eigenvalue weighted by Gasteiger charge is 2.27. The molecule has 0 heterocycles. The SMILES string of the molecule is COc1cccc(OC)c1C1=CC(CO)c2ccccc21. The van der Waals surface area contributed by atoms with E-state index >= 15 is 0 Å². The Labute approximate surface area is 124 Å². The number of aliphatic hydroxyl groups excluding tert-OH is 1. The van der Waals surface area contributed by atoms with Crippen LogP contribution in [0.2, 0.25) is 0 Å². The van der Waals surface area contributed by atoms with Gasteiger partial charge in [0, 0.05) is 5.92 Å². The van der Waals surface area contributed by atoms with E-state index in [1.165, 1.54) is 0 Å². The zero-order valence-corrected chi connectivity index (χ0v) is 12.2. The summed E-state index contributed by atoms with van der Waals surface area (Å²) in [6, 6.07) is 13.9. The summed E-state index contributed by atoms with van der Waals surface area (Å²) in [7, 11) is 3.31. The maximum absolute atomic E-state index is 9.62. The molecule has 1 atom stereocenters. The van der Waals surface area contributed by atoms with Crippen molar-refractivity contribution in [3.8, 4) is 11.5 Å². The second-order valence-corrected chi connectivity index (χ2v) is 4.99. The maximum atomic E-state index is 9.62. The van der Waals surface area contributed by atoms with E-state index in [-0.39, 0.29) is 12.5 Å². The summed E-state index contributed by atoms with van der Waals surface area (Å²) in [5.74, 6) is 1.56. The van der Waals surface area contributed by atoms with E-state index in [9.17, 15) is 5.11 Å². The first-order chi connectivity index (χ1) is 10.3. The zero-order chi connectivity index (χ0) is 14.8. The highest BCUT2D eigenvalue weighted by Crippen LogP contribution is 2.45. The van der Waals surface area contributed by atoms with E-state index in [4.69, 9.17) is 9.47 Å². The molecule has 0 aromatic heterocycles. The molecule has 0 radical (unpaired) electrons. The topological polar surface area (TPSA) is 38.7 Å². The lowest BCUT2D eigenvalue weighted by Gasteiger charge is -2.15. The van der Waals surface area contributed by atoms with Crippen molar-refractivity contribution < 1.29 is 14.6 Å². The molecular weight excluding hydrogens is 264 g/mol. The normalized spacial score (nSPS) is 16.3. The Hall–Kier alpha value is -2.26. The Morgan fingerprint density at radius 2 is 1.62 bits per heavy atom. The van der Waals surface area contributed by atoms with Crippen molar-refractivity contribution in [2.75, 3.05) is 20.8 Å². The predicted octanol–water partition coefficient (Wildman–Crippen LogP) is 3.23. The third-order valence-corrected chi connectivity index (χ3v) is 3.91. The van der Waals surface area contributed by atoms with E-state index in [2.05, 4.69) is 18.2 Å². The molecular formula is C18H18O3. The van der Waals surface area contributed by atoms with Gasteiger partial charge in [-0.1, -0.05) is 36.4 Å². The van der Waals surface area contributed by atoms with Crippen LogP contribution in [0.3, 0.4) is 0 Å². The summed E-state index contributed by atoms with van der Waals surface area (Å²) in [5.41, 5.74) is 4.26. The van der Waals surface area contributed by atoms with Gasteiger partial charge in [-0.2, -0.15) is 0 Å². The van der Waals surface area contributed by atoms with Crippen molar-refractivity contribution in [2.24, 2.45) is 0 Å². The van der Waals surface area contributed by atoms with Crippen LogP contribution in [0.15, 0.2) is 48.5 Å². The lowest BCUT2D eigenvalue weighted by atomic mass is 9.97. The maximum Gasteiger partial charge on any atom is 0.130 e. The molecule has 0 bridgehead atoms. The molecule has 1 unspecified atom stereocenters. The van der Waals surface area contributed by atoms with E-state index in [0.29, 0.717) is 0 Å². The summed E-state index contributed by atoms with van der Waals surface area (Å²) in [6.45, 7) is 0.0952. The summed E-state index contributed by atoms with van der Waals surface area (Å²) in [6.07, 6.45) is 2.09. The average Bonchev–Trinajstić information content (AvgIpc) is 2.92. The van der Waals surface area contributed by atoms with E-state index in [0.717, 1.165) is 33.8 Å². The summed E-state index contributed by atoms with van der Waals surface area (Å²) < 4.78 is 11.0. The highest BCUT2D eigenvalue weighted by atomic mass is 16.5. The molecule has 0 amide bonds. The van der Waals surface area contributed by atoms with Gasteiger partial charge in [0.15, 0.2) is 0 Å². The lowest BCUT2D eigenvalue weighted by molar-refractivity contribution is 0.284. The van der Waals surface area contributed by atoms with Crippen molar-refractivity contribution >= 4 is 5.57 Å². The fourth-order valence-corrected chi connectivity index (χ4v) is 2.93. The average molecular weight is 282 g/mol. The molecule has 0 saturated heterocycles. The van der Waals surface area contributed by atoms with Gasteiger partial charge in [-0.25, -0.2) is 0 Å². The number of aliphatic hydroxyl groups is 1. The minimum atomic E-state index is 0.0193. The van der Waals surface area contributed by atoms with Gasteiger partial charge < -0.3 is 14.6 Å². The Morgan fingerprint density at radius 3 is 2.24 bits per heavy atom. The molecule has 2 aromatic rings. The standard InChI is InChI=1S/C18H18O3/c1-20-16-8-5-9-17(21-2)18(16)15-10-12(11-19)13-6-3-4-7-14(13)15/h3-10,12,19H,11H2,1-2H3. The van der Waals surface area contributed by atoms with Crippen LogP contribution < -0.4 is 9.47 Å². The van der Waals surface area contributed by atoms with Crippen LogP contribution in [0, 0.1) is 0 Å². The van der Waals surface area contributed by atoms with Crippen molar-refractivity contribution in [1.29, 1.82) is 0 Å². The first kappa shape index (κ1) is 13.7. The number of methoxy groups -OCH3 is 2. The molecule has 0 saturated carbocycles. The second-order valence-electron chi connectivity index (χ2n) is 4.99. The van der Waals surface area contributed by atoms with Gasteiger partial charge in [0.2, 0.25) is 0 Å². The predicted molar refractivity (Wildman–Crippen MR) is 82.9 cm³/mol. The van der Waals surface area contributed by atoms with Crippen molar-refractivity contribution in [3.63, 3.8) is 0 Å². The largest absolute Gasteiger partial charge is 0.496 e. The van der Waals surface area contributed by atoms with Crippen molar-refractivity contribution in [3.05, 3.63) is 65.2 Å². The molecule has 3 nitrogen and oxygen atoms in total. The minimum Gasteiger partial charge on any atom is -0.496 e. The number of fused-ring (bicyclic) bond motifs is 1. The number of rotatable bonds is 4. The van der Waals surface area contributed by atoms with E-state index in [1.54, 1.807) is 14.2 Å². The van der Waals surface area contributed by atoms with Gasteiger partial charge in [-0.15, -0.1) is 0 Å². The second kappa shape index (κ2) is 5.62. The third-order valence-electron chi connectivity index (χ3n) is 3.91. The molecule has 2 aromatic carbocycles. The molecule has 0 aliphatic heterocycles. The van der Waals surface area contributed by atoms with E-state index < -0.39 is 0 Å². The van der Waals surface area contributed by atoms with Crippen LogP contribution in [0.4, 0.5) is 0 Å². The Balaban J connectivity index is 2.22. The highest BCUT2D eigenvalue weighted by molar-refractivity contribution is 5.90. The van der Waals surface area contributed by atoms with E-state index in [1.807, 2.05) is 30.3 Å². The first-order valence-electron chi connectivity index (χ1n) is 6.93. The Bertz CT molecular complexity index is 666. The molecule has 1 N–H and O–H groups in total. The smallest absolute Gasteiger partial charge is 0.130 e. The molecule has 1 aliphatic carbocycles. The Kier molecular flexibility index (Phi) is 3.67. The van der Waals surface area contributed by atoms with Crippen LogP contribution in [-0.2, 0) is 0 Å². The summed E-state index contributed by atoms with van der Waals surface area (Å²) in [4.78, 5) is 0. The van der Waals surface area contributed by atoms with Gasteiger partial charge >= 0.3 is 0 Å². The number of ether oxygens (including phenoxy) is 2. The zero-order valence-electron chi connectivity index (χ0n) is 12.2. The molecule has 3 heteroatoms. The van der Waals surface area contributed by atoms with Crippen LogP contribution in [0.5, 0.6) is 11.5 Å². The van der Waals surface area contributed by atoms with Gasteiger partial charge in [0.25, 0.3) is 0 Å². The lowest BCUT2D eigenvalue weighted by Crippen LogP contribution is -1.97. The quantitative estimate of drug-likeness (QED) is 0.935. The first-order valence-corrected chi connectivity index (χ1v) is 6.93. The van der Waals surface area contributed by atoms with Crippen molar-refractivity contribution in [2.45, 2.75) is 5.92 Å². The molecule has 3 rings (SSSR count). The third kappa shape index (κ3) is 2.20. The number of hydrogen-bond acceptors (Lipinski definition) is 3. The van der Waals surface area contributed by atoms with Crippen LogP contribution in [0.1, 0.15) is 22.6 Å². The van der Waals surface area contributed by atoms with Crippen LogP contribution in [-0.4, -0.2) is 25.9 Å².